The summed E-state index contributed by atoms with van der Waals surface area (Å²) in [5, 5.41) is 13.8. The van der Waals surface area contributed by atoms with Crippen LogP contribution in [0.15, 0.2) is 42.6 Å². The van der Waals surface area contributed by atoms with Gasteiger partial charge in [-0.3, -0.25) is 0 Å². The molecule has 0 aliphatic heterocycles. The molecule has 1 aliphatic rings. The van der Waals surface area contributed by atoms with Gasteiger partial charge < -0.3 is 15.0 Å². The summed E-state index contributed by atoms with van der Waals surface area (Å²) >= 11 is 0. The molecule has 0 bridgehead atoms. The normalized spacial score (nSPS) is 16.0. The molecule has 3 aromatic rings. The van der Waals surface area contributed by atoms with Crippen molar-refractivity contribution >= 4 is 22.4 Å². The van der Waals surface area contributed by atoms with E-state index < -0.39 is 0 Å². The second kappa shape index (κ2) is 7.71. The molecule has 1 aliphatic carbocycles. The number of fused-ring (bicyclic) bond motifs is 1. The molecule has 4 rings (SSSR count). The predicted molar refractivity (Wildman–Crippen MR) is 107 cm³/mol. The van der Waals surface area contributed by atoms with Crippen LogP contribution in [0.1, 0.15) is 44.7 Å². The molecule has 1 unspecified atom stereocenters. The topological polar surface area (TPSA) is 73.7 Å². The highest BCUT2D eigenvalue weighted by molar-refractivity contribution is 5.83. The first kappa shape index (κ1) is 17.4. The van der Waals surface area contributed by atoms with Gasteiger partial charge in [-0.05, 0) is 49.3 Å². The monoisotopic (exact) mass is 360 g/mol. The lowest BCUT2D eigenvalue weighted by atomic mass is 9.86. The number of pyridine rings is 1. The molecular formula is C22H24N4O. The number of hydrogen-bond acceptors (Lipinski definition) is 4. The van der Waals surface area contributed by atoms with Gasteiger partial charge in [0, 0.05) is 29.5 Å². The SMILES string of the molecule is CC(Oc1cc(C#N)nc(Nc2ccc3cc[nH]c3c2)c1)C1CCCCC1. The fraction of sp³-hybridized carbons (Fsp3) is 0.364. The molecule has 2 N–H and O–H groups in total. The Bertz CT molecular complexity index is 966. The second-order valence-electron chi connectivity index (χ2n) is 7.31. The molecule has 0 saturated heterocycles. The molecule has 2 heterocycles. The molecule has 5 nitrogen and oxygen atoms in total. The number of nitrogens with zero attached hydrogens (tertiary/aromatic N) is 2. The Balaban J connectivity index is 1.53. The van der Waals surface area contributed by atoms with Crippen molar-refractivity contribution in [2.75, 3.05) is 5.32 Å². The molecule has 1 saturated carbocycles. The summed E-state index contributed by atoms with van der Waals surface area (Å²) < 4.78 is 6.20. The quantitative estimate of drug-likeness (QED) is 0.628. The molecule has 138 valence electrons. The molecular weight excluding hydrogens is 336 g/mol. The van der Waals surface area contributed by atoms with E-state index in [0.29, 0.717) is 23.2 Å². The summed E-state index contributed by atoms with van der Waals surface area (Å²) in [5.41, 5.74) is 2.32. The molecule has 0 amide bonds. The van der Waals surface area contributed by atoms with Crippen LogP contribution >= 0.6 is 0 Å². The molecule has 1 atom stereocenters. The van der Waals surface area contributed by atoms with Gasteiger partial charge in [0.15, 0.2) is 0 Å². The van der Waals surface area contributed by atoms with Gasteiger partial charge in [-0.25, -0.2) is 4.98 Å². The summed E-state index contributed by atoms with van der Waals surface area (Å²) in [7, 11) is 0. The minimum atomic E-state index is 0.141. The molecule has 1 aromatic carbocycles. The van der Waals surface area contributed by atoms with E-state index in [2.05, 4.69) is 28.3 Å². The fourth-order valence-corrected chi connectivity index (χ4v) is 3.88. The van der Waals surface area contributed by atoms with Crippen molar-refractivity contribution in [3.05, 3.63) is 48.3 Å². The number of aromatic nitrogens is 2. The second-order valence-corrected chi connectivity index (χ2v) is 7.31. The Morgan fingerprint density at radius 1 is 1.19 bits per heavy atom. The molecule has 0 spiro atoms. The zero-order valence-electron chi connectivity index (χ0n) is 15.5. The maximum atomic E-state index is 9.35. The first-order valence-electron chi connectivity index (χ1n) is 9.64. The first-order chi connectivity index (χ1) is 13.2. The number of benzene rings is 1. The van der Waals surface area contributed by atoms with Crippen LogP contribution in [0.2, 0.25) is 0 Å². The van der Waals surface area contributed by atoms with Crippen molar-refractivity contribution in [2.24, 2.45) is 5.92 Å². The average Bonchev–Trinajstić information content (AvgIpc) is 3.16. The Labute approximate surface area is 159 Å². The number of ether oxygens (including phenoxy) is 1. The lowest BCUT2D eigenvalue weighted by Gasteiger charge is -2.28. The van der Waals surface area contributed by atoms with Gasteiger partial charge in [-0.2, -0.15) is 5.26 Å². The standard InChI is InChI=1S/C22H24N4O/c1-15(16-5-3-2-4-6-16)27-20-11-19(14-23)26-22(13-20)25-18-8-7-17-9-10-24-21(17)12-18/h7-13,15-16,24H,2-6H2,1H3,(H,25,26). The minimum Gasteiger partial charge on any atom is -0.490 e. The van der Waals surface area contributed by atoms with Gasteiger partial charge in [-0.15, -0.1) is 0 Å². The zero-order chi connectivity index (χ0) is 18.6. The Morgan fingerprint density at radius 2 is 2.04 bits per heavy atom. The van der Waals surface area contributed by atoms with E-state index in [-0.39, 0.29) is 6.10 Å². The summed E-state index contributed by atoms with van der Waals surface area (Å²) in [6, 6.07) is 13.8. The Hall–Kier alpha value is -3.00. The predicted octanol–water partition coefficient (Wildman–Crippen LogP) is 5.53. The van der Waals surface area contributed by atoms with Crippen molar-refractivity contribution in [1.82, 2.24) is 9.97 Å². The third kappa shape index (κ3) is 4.06. The van der Waals surface area contributed by atoms with Gasteiger partial charge in [-0.1, -0.05) is 25.3 Å². The highest BCUT2D eigenvalue weighted by Crippen LogP contribution is 2.30. The molecule has 2 aromatic heterocycles. The van der Waals surface area contributed by atoms with Crippen LogP contribution in [0, 0.1) is 17.2 Å². The van der Waals surface area contributed by atoms with Gasteiger partial charge in [0.05, 0.1) is 6.10 Å². The highest BCUT2D eigenvalue weighted by Gasteiger charge is 2.21. The molecule has 5 heteroatoms. The van der Waals surface area contributed by atoms with Crippen LogP contribution in [0.5, 0.6) is 5.75 Å². The van der Waals surface area contributed by atoms with E-state index in [1.807, 2.05) is 36.5 Å². The lowest BCUT2D eigenvalue weighted by molar-refractivity contribution is 0.123. The van der Waals surface area contributed by atoms with Crippen LogP contribution in [0.25, 0.3) is 10.9 Å². The highest BCUT2D eigenvalue weighted by atomic mass is 16.5. The average molecular weight is 360 g/mol. The molecule has 27 heavy (non-hydrogen) atoms. The van der Waals surface area contributed by atoms with E-state index >= 15 is 0 Å². The summed E-state index contributed by atoms with van der Waals surface area (Å²) in [6.07, 6.45) is 8.40. The van der Waals surface area contributed by atoms with E-state index in [0.717, 1.165) is 16.6 Å². The van der Waals surface area contributed by atoms with Crippen molar-refractivity contribution < 1.29 is 4.74 Å². The lowest BCUT2D eigenvalue weighted by Crippen LogP contribution is -2.25. The fourth-order valence-electron chi connectivity index (χ4n) is 3.88. The van der Waals surface area contributed by atoms with Crippen molar-refractivity contribution in [2.45, 2.75) is 45.1 Å². The smallest absolute Gasteiger partial charge is 0.146 e. The summed E-state index contributed by atoms with van der Waals surface area (Å²) in [4.78, 5) is 7.58. The zero-order valence-corrected chi connectivity index (χ0v) is 15.5. The first-order valence-corrected chi connectivity index (χ1v) is 9.64. The number of anilines is 2. The van der Waals surface area contributed by atoms with Crippen molar-refractivity contribution in [3.63, 3.8) is 0 Å². The number of H-pyrrole nitrogens is 1. The number of nitriles is 1. The van der Waals surface area contributed by atoms with E-state index in [9.17, 15) is 5.26 Å². The largest absolute Gasteiger partial charge is 0.490 e. The Kier molecular flexibility index (Phi) is 4.97. The number of nitrogens with one attached hydrogen (secondary N) is 2. The maximum Gasteiger partial charge on any atom is 0.146 e. The maximum absolute atomic E-state index is 9.35. The van der Waals surface area contributed by atoms with Crippen LogP contribution in [-0.4, -0.2) is 16.1 Å². The van der Waals surface area contributed by atoms with Crippen molar-refractivity contribution in [3.8, 4) is 11.8 Å². The van der Waals surface area contributed by atoms with Gasteiger partial charge in [0.1, 0.15) is 23.3 Å². The van der Waals surface area contributed by atoms with Crippen LogP contribution in [0.3, 0.4) is 0 Å². The Morgan fingerprint density at radius 3 is 2.85 bits per heavy atom. The third-order valence-electron chi connectivity index (χ3n) is 5.38. The van der Waals surface area contributed by atoms with E-state index in [1.165, 1.54) is 32.1 Å². The molecule has 1 fully saturated rings. The van der Waals surface area contributed by atoms with Gasteiger partial charge in [0.2, 0.25) is 0 Å². The number of hydrogen-bond donors (Lipinski definition) is 2. The van der Waals surface area contributed by atoms with E-state index in [1.54, 1.807) is 6.07 Å². The summed E-state index contributed by atoms with van der Waals surface area (Å²) in [6.45, 7) is 2.13. The van der Waals surface area contributed by atoms with Crippen LogP contribution < -0.4 is 10.1 Å². The van der Waals surface area contributed by atoms with Crippen molar-refractivity contribution in [1.29, 1.82) is 5.26 Å². The van der Waals surface area contributed by atoms with Crippen LogP contribution in [0.4, 0.5) is 11.5 Å². The van der Waals surface area contributed by atoms with Gasteiger partial charge >= 0.3 is 0 Å². The minimum absolute atomic E-state index is 0.141. The van der Waals surface area contributed by atoms with Crippen LogP contribution in [-0.2, 0) is 0 Å². The summed E-state index contributed by atoms with van der Waals surface area (Å²) in [5.74, 6) is 1.90. The van der Waals surface area contributed by atoms with E-state index in [4.69, 9.17) is 4.74 Å². The number of aromatic amines is 1. The van der Waals surface area contributed by atoms with Gasteiger partial charge in [0.25, 0.3) is 0 Å². The third-order valence-corrected chi connectivity index (χ3v) is 5.38. The number of rotatable bonds is 5. The molecule has 0 radical (unpaired) electrons.